The standard InChI is InChI=1S/C28H34/c1-5-14-25(15-6-1)16-9-3-10-21-28(24-27-19-11-4-12-20-27)23-13-22-26-17-7-2-8-18-26/h1-2,4-8,11-12,14-15,17-20,28H,3,9-10,13,16,21-24H2. The van der Waals surface area contributed by atoms with Crippen molar-refractivity contribution in [2.45, 2.75) is 57.8 Å². The largest absolute Gasteiger partial charge is 0.0622 e. The molecule has 0 fully saturated rings. The molecular weight excluding hydrogens is 336 g/mol. The Labute approximate surface area is 171 Å². The van der Waals surface area contributed by atoms with E-state index in [1.807, 2.05) is 0 Å². The average Bonchev–Trinajstić information content (AvgIpc) is 2.75. The number of hydrogen-bond acceptors (Lipinski definition) is 0. The summed E-state index contributed by atoms with van der Waals surface area (Å²) < 4.78 is 0. The van der Waals surface area contributed by atoms with Crippen LogP contribution >= 0.6 is 0 Å². The van der Waals surface area contributed by atoms with Gasteiger partial charge in [-0.3, -0.25) is 0 Å². The number of hydrogen-bond donors (Lipinski definition) is 0. The minimum atomic E-state index is 0.808. The van der Waals surface area contributed by atoms with Crippen LogP contribution in [0.5, 0.6) is 0 Å². The van der Waals surface area contributed by atoms with Crippen molar-refractivity contribution < 1.29 is 0 Å². The van der Waals surface area contributed by atoms with Gasteiger partial charge in [0.05, 0.1) is 0 Å². The molecule has 0 aromatic heterocycles. The van der Waals surface area contributed by atoms with E-state index in [1.165, 1.54) is 74.5 Å². The Morgan fingerprint density at radius 1 is 0.429 bits per heavy atom. The zero-order valence-electron chi connectivity index (χ0n) is 17.1. The number of benzene rings is 3. The van der Waals surface area contributed by atoms with Gasteiger partial charge in [0.2, 0.25) is 0 Å². The van der Waals surface area contributed by atoms with Gasteiger partial charge < -0.3 is 0 Å². The molecule has 3 aromatic carbocycles. The first-order valence-corrected chi connectivity index (χ1v) is 11.0. The number of unbranched alkanes of at least 4 members (excludes halogenated alkanes) is 2. The predicted octanol–water partition coefficient (Wildman–Crippen LogP) is 7.67. The van der Waals surface area contributed by atoms with Crippen molar-refractivity contribution >= 4 is 0 Å². The van der Waals surface area contributed by atoms with Gasteiger partial charge in [0.15, 0.2) is 0 Å². The van der Waals surface area contributed by atoms with E-state index < -0.39 is 0 Å². The fraction of sp³-hybridized carbons (Fsp3) is 0.357. The van der Waals surface area contributed by atoms with Gasteiger partial charge in [0.25, 0.3) is 0 Å². The smallest absolute Gasteiger partial charge is 0.0250 e. The number of rotatable bonds is 12. The van der Waals surface area contributed by atoms with E-state index in [1.54, 1.807) is 0 Å². The van der Waals surface area contributed by atoms with Crippen LogP contribution in [0.3, 0.4) is 0 Å². The summed E-state index contributed by atoms with van der Waals surface area (Å²) in [5.74, 6) is 0.808. The Bertz CT molecular complexity index is 746. The minimum Gasteiger partial charge on any atom is -0.0622 e. The van der Waals surface area contributed by atoms with Crippen LogP contribution in [0.15, 0.2) is 91.0 Å². The fourth-order valence-electron chi connectivity index (χ4n) is 4.12. The monoisotopic (exact) mass is 370 g/mol. The van der Waals surface area contributed by atoms with Crippen molar-refractivity contribution in [1.82, 2.24) is 0 Å². The SMILES string of the molecule is c1ccc(CCCCCC(CCCc2ccccc2)Cc2ccccc2)cc1. The van der Waals surface area contributed by atoms with Gasteiger partial charge in [-0.25, -0.2) is 0 Å². The molecule has 0 N–H and O–H groups in total. The summed E-state index contributed by atoms with van der Waals surface area (Å²) in [6.07, 6.45) is 11.7. The lowest BCUT2D eigenvalue weighted by atomic mass is 9.88. The summed E-state index contributed by atoms with van der Waals surface area (Å²) in [5.41, 5.74) is 4.45. The Morgan fingerprint density at radius 2 is 0.893 bits per heavy atom. The van der Waals surface area contributed by atoms with E-state index in [0.717, 1.165) is 5.92 Å². The van der Waals surface area contributed by atoms with Gasteiger partial charge in [-0.2, -0.15) is 0 Å². The number of aryl methyl sites for hydroxylation is 2. The molecule has 0 spiro atoms. The summed E-state index contributed by atoms with van der Waals surface area (Å²) in [6, 6.07) is 32.9. The van der Waals surface area contributed by atoms with E-state index in [9.17, 15) is 0 Å². The molecule has 0 bridgehead atoms. The topological polar surface area (TPSA) is 0 Å². The minimum absolute atomic E-state index is 0.808. The molecule has 3 aromatic rings. The van der Waals surface area contributed by atoms with Crippen molar-refractivity contribution in [1.29, 1.82) is 0 Å². The van der Waals surface area contributed by atoms with Crippen LogP contribution in [0.1, 0.15) is 55.2 Å². The normalized spacial score (nSPS) is 12.0. The van der Waals surface area contributed by atoms with E-state index >= 15 is 0 Å². The van der Waals surface area contributed by atoms with Crippen molar-refractivity contribution in [3.05, 3.63) is 108 Å². The highest BCUT2D eigenvalue weighted by Gasteiger charge is 2.10. The van der Waals surface area contributed by atoms with Crippen LogP contribution in [0.4, 0.5) is 0 Å². The predicted molar refractivity (Wildman–Crippen MR) is 122 cm³/mol. The maximum absolute atomic E-state index is 2.29. The second-order valence-corrected chi connectivity index (χ2v) is 8.02. The lowest BCUT2D eigenvalue weighted by Gasteiger charge is -2.17. The molecule has 146 valence electrons. The van der Waals surface area contributed by atoms with Crippen LogP contribution in [-0.2, 0) is 19.3 Å². The van der Waals surface area contributed by atoms with Gasteiger partial charge >= 0.3 is 0 Å². The molecule has 0 heterocycles. The molecule has 0 aliphatic heterocycles. The summed E-state index contributed by atoms with van der Waals surface area (Å²) >= 11 is 0. The van der Waals surface area contributed by atoms with Crippen molar-refractivity contribution in [2.24, 2.45) is 5.92 Å². The molecule has 0 saturated heterocycles. The summed E-state index contributed by atoms with van der Waals surface area (Å²) in [6.45, 7) is 0. The molecule has 1 atom stereocenters. The van der Waals surface area contributed by atoms with Crippen molar-refractivity contribution in [2.75, 3.05) is 0 Å². The Hall–Kier alpha value is -2.34. The Morgan fingerprint density at radius 3 is 1.46 bits per heavy atom. The fourth-order valence-corrected chi connectivity index (χ4v) is 4.12. The van der Waals surface area contributed by atoms with E-state index in [2.05, 4.69) is 91.0 Å². The van der Waals surface area contributed by atoms with E-state index in [4.69, 9.17) is 0 Å². The molecule has 0 amide bonds. The van der Waals surface area contributed by atoms with Gasteiger partial charge in [0.1, 0.15) is 0 Å². The molecule has 0 saturated carbocycles. The van der Waals surface area contributed by atoms with Gasteiger partial charge in [-0.1, -0.05) is 110 Å². The first-order valence-electron chi connectivity index (χ1n) is 11.0. The summed E-state index contributed by atoms with van der Waals surface area (Å²) in [4.78, 5) is 0. The van der Waals surface area contributed by atoms with Crippen molar-refractivity contribution in [3.63, 3.8) is 0 Å². The second kappa shape index (κ2) is 12.2. The summed E-state index contributed by atoms with van der Waals surface area (Å²) in [5, 5.41) is 0. The molecule has 28 heavy (non-hydrogen) atoms. The average molecular weight is 371 g/mol. The maximum Gasteiger partial charge on any atom is -0.0250 e. The third kappa shape index (κ3) is 7.72. The molecule has 0 heteroatoms. The zero-order valence-corrected chi connectivity index (χ0v) is 17.1. The Balaban J connectivity index is 1.42. The van der Waals surface area contributed by atoms with Gasteiger partial charge in [-0.15, -0.1) is 0 Å². The van der Waals surface area contributed by atoms with E-state index in [0.29, 0.717) is 0 Å². The molecule has 3 rings (SSSR count). The maximum atomic E-state index is 2.29. The molecule has 0 aliphatic carbocycles. The zero-order chi connectivity index (χ0) is 19.3. The molecule has 1 unspecified atom stereocenters. The van der Waals surface area contributed by atoms with Crippen molar-refractivity contribution in [3.8, 4) is 0 Å². The van der Waals surface area contributed by atoms with Crippen LogP contribution in [0.25, 0.3) is 0 Å². The van der Waals surface area contributed by atoms with Crippen LogP contribution in [0, 0.1) is 5.92 Å². The lowest BCUT2D eigenvalue weighted by Crippen LogP contribution is -2.06. The van der Waals surface area contributed by atoms with Gasteiger partial charge in [0, 0.05) is 0 Å². The quantitative estimate of drug-likeness (QED) is 0.287. The third-order valence-electron chi connectivity index (χ3n) is 5.71. The lowest BCUT2D eigenvalue weighted by molar-refractivity contribution is 0.413. The third-order valence-corrected chi connectivity index (χ3v) is 5.71. The first-order chi connectivity index (χ1) is 13.9. The molecule has 0 radical (unpaired) electrons. The molecule has 0 aliphatic rings. The first kappa shape index (κ1) is 20.4. The summed E-state index contributed by atoms with van der Waals surface area (Å²) in [7, 11) is 0. The highest BCUT2D eigenvalue weighted by Crippen LogP contribution is 2.22. The highest BCUT2D eigenvalue weighted by atomic mass is 14.2. The Kier molecular flexibility index (Phi) is 8.88. The highest BCUT2D eigenvalue weighted by molar-refractivity contribution is 5.16. The van der Waals surface area contributed by atoms with Crippen LogP contribution < -0.4 is 0 Å². The molecule has 0 nitrogen and oxygen atoms in total. The van der Waals surface area contributed by atoms with E-state index in [-0.39, 0.29) is 0 Å². The van der Waals surface area contributed by atoms with Crippen LogP contribution in [-0.4, -0.2) is 0 Å². The van der Waals surface area contributed by atoms with Gasteiger partial charge in [-0.05, 0) is 61.1 Å². The van der Waals surface area contributed by atoms with Crippen LogP contribution in [0.2, 0.25) is 0 Å². The second-order valence-electron chi connectivity index (χ2n) is 8.02. The molecular formula is C28H34.